The van der Waals surface area contributed by atoms with Crippen LogP contribution >= 0.6 is 0 Å². The molecule has 0 bridgehead atoms. The summed E-state index contributed by atoms with van der Waals surface area (Å²) in [7, 11) is 0. The molecule has 2 aromatic carbocycles. The number of aromatic nitrogens is 1. The molecule has 0 fully saturated rings. The molecule has 0 saturated carbocycles. The normalized spacial score (nSPS) is 11.2. The minimum atomic E-state index is 0.108. The molecule has 0 spiro atoms. The van der Waals surface area contributed by atoms with Crippen LogP contribution in [0.5, 0.6) is 11.5 Å². The predicted molar refractivity (Wildman–Crippen MR) is 98.7 cm³/mol. The minimum Gasteiger partial charge on any atom is -0.491 e. The Hall–Kier alpha value is -2.55. The molecular formula is C21H23NO2. The molecule has 0 unspecified atom stereocenters. The fourth-order valence-electron chi connectivity index (χ4n) is 2.63. The third-order valence-corrected chi connectivity index (χ3v) is 3.52. The van der Waals surface area contributed by atoms with E-state index in [2.05, 4.69) is 12.1 Å². The molecule has 0 atom stereocenters. The maximum Gasteiger partial charge on any atom is 0.124 e. The Morgan fingerprint density at radius 2 is 1.38 bits per heavy atom. The highest BCUT2D eigenvalue weighted by Gasteiger charge is 2.09. The molecule has 124 valence electrons. The van der Waals surface area contributed by atoms with Crippen LogP contribution in [0.3, 0.4) is 0 Å². The summed E-state index contributed by atoms with van der Waals surface area (Å²) >= 11 is 0. The van der Waals surface area contributed by atoms with Gasteiger partial charge < -0.3 is 9.47 Å². The summed E-state index contributed by atoms with van der Waals surface area (Å²) in [5, 5.41) is 1.13. The Balaban J connectivity index is 2.06. The van der Waals surface area contributed by atoms with E-state index in [0.29, 0.717) is 0 Å². The van der Waals surface area contributed by atoms with Gasteiger partial charge in [0.15, 0.2) is 0 Å². The second kappa shape index (κ2) is 6.91. The van der Waals surface area contributed by atoms with Gasteiger partial charge in [-0.2, -0.15) is 0 Å². The average molecular weight is 321 g/mol. The lowest BCUT2D eigenvalue weighted by Gasteiger charge is -2.16. The maximum absolute atomic E-state index is 5.88. The number of para-hydroxylation sites is 1. The summed E-state index contributed by atoms with van der Waals surface area (Å²) in [6, 6.07) is 18.2. The summed E-state index contributed by atoms with van der Waals surface area (Å²) in [5.41, 5.74) is 2.89. The maximum atomic E-state index is 5.88. The third kappa shape index (κ3) is 3.85. The first-order valence-electron chi connectivity index (χ1n) is 8.36. The van der Waals surface area contributed by atoms with Gasteiger partial charge in [-0.05, 0) is 52.0 Å². The van der Waals surface area contributed by atoms with E-state index in [1.54, 1.807) is 0 Å². The SMILES string of the molecule is CC(C)Oc1cc(OC(C)C)cc(-c2ccc3ccccc3n2)c1. The van der Waals surface area contributed by atoms with E-state index >= 15 is 0 Å². The van der Waals surface area contributed by atoms with Crippen molar-refractivity contribution in [3.63, 3.8) is 0 Å². The highest BCUT2D eigenvalue weighted by molar-refractivity contribution is 5.81. The zero-order valence-electron chi connectivity index (χ0n) is 14.6. The number of ether oxygens (including phenoxy) is 2. The zero-order chi connectivity index (χ0) is 17.1. The molecule has 0 aliphatic heterocycles. The zero-order valence-corrected chi connectivity index (χ0v) is 14.6. The van der Waals surface area contributed by atoms with Gasteiger partial charge in [-0.15, -0.1) is 0 Å². The Morgan fingerprint density at radius 3 is 2.00 bits per heavy atom. The number of nitrogens with zero attached hydrogens (tertiary/aromatic N) is 1. The van der Waals surface area contributed by atoms with E-state index in [1.165, 1.54) is 0 Å². The first-order chi connectivity index (χ1) is 11.5. The van der Waals surface area contributed by atoms with E-state index in [0.717, 1.165) is 33.7 Å². The highest BCUT2D eigenvalue weighted by Crippen LogP contribution is 2.31. The molecule has 24 heavy (non-hydrogen) atoms. The van der Waals surface area contributed by atoms with Crippen molar-refractivity contribution < 1.29 is 9.47 Å². The monoisotopic (exact) mass is 321 g/mol. The average Bonchev–Trinajstić information content (AvgIpc) is 2.53. The lowest BCUT2D eigenvalue weighted by atomic mass is 10.1. The van der Waals surface area contributed by atoms with E-state index < -0.39 is 0 Å². The molecule has 3 nitrogen and oxygen atoms in total. The van der Waals surface area contributed by atoms with Crippen LogP contribution in [-0.4, -0.2) is 17.2 Å². The van der Waals surface area contributed by atoms with Crippen LogP contribution in [0, 0.1) is 0 Å². The molecule has 0 aliphatic rings. The predicted octanol–water partition coefficient (Wildman–Crippen LogP) is 5.48. The Morgan fingerprint density at radius 1 is 0.750 bits per heavy atom. The second-order valence-electron chi connectivity index (χ2n) is 6.42. The molecule has 0 N–H and O–H groups in total. The Labute approximate surface area is 143 Å². The van der Waals surface area contributed by atoms with Gasteiger partial charge in [0.1, 0.15) is 11.5 Å². The van der Waals surface area contributed by atoms with Crippen LogP contribution in [0.2, 0.25) is 0 Å². The van der Waals surface area contributed by atoms with E-state index in [-0.39, 0.29) is 12.2 Å². The number of pyridine rings is 1. The van der Waals surface area contributed by atoms with Crippen molar-refractivity contribution in [2.24, 2.45) is 0 Å². The smallest absolute Gasteiger partial charge is 0.124 e. The van der Waals surface area contributed by atoms with Crippen molar-refractivity contribution >= 4 is 10.9 Å². The van der Waals surface area contributed by atoms with Crippen LogP contribution in [0.1, 0.15) is 27.7 Å². The number of hydrogen-bond acceptors (Lipinski definition) is 3. The van der Waals surface area contributed by atoms with E-state index in [9.17, 15) is 0 Å². The van der Waals surface area contributed by atoms with Crippen molar-refractivity contribution in [1.29, 1.82) is 0 Å². The summed E-state index contributed by atoms with van der Waals surface area (Å²) in [5.74, 6) is 1.60. The topological polar surface area (TPSA) is 31.4 Å². The molecule has 1 heterocycles. The molecule has 3 aromatic rings. The minimum absolute atomic E-state index is 0.108. The third-order valence-electron chi connectivity index (χ3n) is 3.52. The first-order valence-corrected chi connectivity index (χ1v) is 8.36. The molecule has 0 saturated heterocycles. The number of rotatable bonds is 5. The van der Waals surface area contributed by atoms with Gasteiger partial charge in [0.2, 0.25) is 0 Å². The molecular weight excluding hydrogens is 298 g/mol. The standard InChI is InChI=1S/C21H23NO2/c1-14(2)23-18-11-17(12-19(13-18)24-15(3)4)21-10-9-16-7-5-6-8-20(16)22-21/h5-15H,1-4H3. The summed E-state index contributed by atoms with van der Waals surface area (Å²) in [6.07, 6.45) is 0.216. The lowest BCUT2D eigenvalue weighted by molar-refractivity contribution is 0.229. The number of fused-ring (bicyclic) bond motifs is 1. The van der Waals surface area contributed by atoms with Gasteiger partial charge in [0.05, 0.1) is 23.4 Å². The van der Waals surface area contributed by atoms with E-state index in [1.807, 2.05) is 70.2 Å². The summed E-state index contributed by atoms with van der Waals surface area (Å²) in [4.78, 5) is 4.77. The van der Waals surface area contributed by atoms with E-state index in [4.69, 9.17) is 14.5 Å². The van der Waals surface area contributed by atoms with Crippen LogP contribution in [0.25, 0.3) is 22.2 Å². The van der Waals surface area contributed by atoms with Crippen LogP contribution in [0.15, 0.2) is 54.6 Å². The quantitative estimate of drug-likeness (QED) is 0.624. The van der Waals surface area contributed by atoms with Gasteiger partial charge >= 0.3 is 0 Å². The Bertz CT molecular complexity index is 812. The molecule has 3 heteroatoms. The van der Waals surface area contributed by atoms with Crippen molar-refractivity contribution in [2.45, 2.75) is 39.9 Å². The highest BCUT2D eigenvalue weighted by atomic mass is 16.5. The van der Waals surface area contributed by atoms with Gasteiger partial charge in [-0.1, -0.05) is 24.3 Å². The first kappa shape index (κ1) is 16.3. The van der Waals surface area contributed by atoms with Gasteiger partial charge in [-0.25, -0.2) is 4.98 Å². The van der Waals surface area contributed by atoms with Crippen LogP contribution in [0.4, 0.5) is 0 Å². The molecule has 3 rings (SSSR count). The number of benzene rings is 2. The van der Waals surface area contributed by atoms with Gasteiger partial charge in [0, 0.05) is 17.0 Å². The van der Waals surface area contributed by atoms with Crippen LogP contribution < -0.4 is 9.47 Å². The van der Waals surface area contributed by atoms with Gasteiger partial charge in [-0.3, -0.25) is 0 Å². The fourth-order valence-corrected chi connectivity index (χ4v) is 2.63. The van der Waals surface area contributed by atoms with Crippen molar-refractivity contribution in [3.8, 4) is 22.8 Å². The largest absolute Gasteiger partial charge is 0.491 e. The molecule has 0 radical (unpaired) electrons. The van der Waals surface area contributed by atoms with Crippen LogP contribution in [-0.2, 0) is 0 Å². The molecule has 1 aromatic heterocycles. The number of hydrogen-bond donors (Lipinski definition) is 0. The lowest BCUT2D eigenvalue weighted by Crippen LogP contribution is -2.08. The van der Waals surface area contributed by atoms with Gasteiger partial charge in [0.25, 0.3) is 0 Å². The summed E-state index contributed by atoms with van der Waals surface area (Å²) < 4.78 is 11.8. The fraction of sp³-hybridized carbons (Fsp3) is 0.286. The molecule has 0 amide bonds. The van der Waals surface area contributed by atoms with Crippen molar-refractivity contribution in [2.75, 3.05) is 0 Å². The van der Waals surface area contributed by atoms with Crippen molar-refractivity contribution in [3.05, 3.63) is 54.6 Å². The summed E-state index contributed by atoms with van der Waals surface area (Å²) in [6.45, 7) is 8.07. The molecule has 0 aliphatic carbocycles. The Kier molecular flexibility index (Phi) is 4.70. The second-order valence-corrected chi connectivity index (χ2v) is 6.42. The van der Waals surface area contributed by atoms with Crippen molar-refractivity contribution in [1.82, 2.24) is 4.98 Å².